The Bertz CT molecular complexity index is 658. The van der Waals surface area contributed by atoms with Gasteiger partial charge < -0.3 is 9.84 Å². The summed E-state index contributed by atoms with van der Waals surface area (Å²) < 4.78 is 5.36. The molecule has 0 aliphatic heterocycles. The highest BCUT2D eigenvalue weighted by atomic mass is 32.1. The highest BCUT2D eigenvalue weighted by Crippen LogP contribution is 2.35. The quantitative estimate of drug-likeness (QED) is 0.830. The maximum atomic E-state index is 9.55. The van der Waals surface area contributed by atoms with E-state index in [1.165, 1.54) is 17.5 Å². The van der Waals surface area contributed by atoms with Gasteiger partial charge in [0.2, 0.25) is 0 Å². The van der Waals surface area contributed by atoms with Crippen LogP contribution in [0.25, 0.3) is 0 Å². The number of aryl methyl sites for hydroxylation is 1. The molecule has 0 saturated heterocycles. The summed E-state index contributed by atoms with van der Waals surface area (Å²) in [5.41, 5.74) is 3.93. The third-order valence-electron chi connectivity index (χ3n) is 4.80. The predicted molar refractivity (Wildman–Crippen MR) is 97.2 cm³/mol. The van der Waals surface area contributed by atoms with Crippen LogP contribution in [0.2, 0.25) is 0 Å². The minimum absolute atomic E-state index is 0.0328. The Morgan fingerprint density at radius 3 is 3.04 bits per heavy atom. The zero-order chi connectivity index (χ0) is 16.9. The van der Waals surface area contributed by atoms with E-state index < -0.39 is 0 Å². The van der Waals surface area contributed by atoms with Crippen LogP contribution in [-0.4, -0.2) is 35.3 Å². The standard InChI is InChI=1S/C19H26N2O2S/c1-14(23-2)19-20-16(13-24-19)12-21(10-11-22)18-9-5-7-15-6-3-4-8-17(15)18/h3-4,6,8,13-14,18,22H,5,7,9-12H2,1-2H3. The first-order valence-corrected chi connectivity index (χ1v) is 9.50. The number of aliphatic hydroxyl groups is 1. The van der Waals surface area contributed by atoms with Crippen molar-refractivity contribution in [3.05, 3.63) is 51.5 Å². The van der Waals surface area contributed by atoms with E-state index >= 15 is 0 Å². The Kier molecular flexibility index (Phi) is 6.00. The summed E-state index contributed by atoms with van der Waals surface area (Å²) in [6, 6.07) is 9.08. The highest BCUT2D eigenvalue weighted by Gasteiger charge is 2.26. The molecule has 2 aromatic rings. The molecule has 1 N–H and O–H groups in total. The SMILES string of the molecule is COC(C)c1nc(CN(CCO)C2CCCc3ccccc32)cs1. The lowest BCUT2D eigenvalue weighted by atomic mass is 9.86. The molecule has 0 amide bonds. The second kappa shape index (κ2) is 8.21. The largest absolute Gasteiger partial charge is 0.395 e. The number of benzene rings is 1. The number of aliphatic hydroxyl groups excluding tert-OH is 1. The lowest BCUT2D eigenvalue weighted by Gasteiger charge is -2.35. The van der Waals surface area contributed by atoms with E-state index in [0.29, 0.717) is 12.6 Å². The van der Waals surface area contributed by atoms with E-state index in [1.807, 2.05) is 6.92 Å². The van der Waals surface area contributed by atoms with Crippen LogP contribution < -0.4 is 0 Å². The maximum Gasteiger partial charge on any atom is 0.122 e. The summed E-state index contributed by atoms with van der Waals surface area (Å²) in [7, 11) is 1.71. The van der Waals surface area contributed by atoms with Gasteiger partial charge in [-0.2, -0.15) is 0 Å². The zero-order valence-electron chi connectivity index (χ0n) is 14.4. The average Bonchev–Trinajstić information content (AvgIpc) is 3.09. The zero-order valence-corrected chi connectivity index (χ0v) is 15.3. The smallest absolute Gasteiger partial charge is 0.122 e. The molecule has 24 heavy (non-hydrogen) atoms. The Hall–Kier alpha value is -1.27. The van der Waals surface area contributed by atoms with Gasteiger partial charge in [0.15, 0.2) is 0 Å². The Balaban J connectivity index is 1.79. The van der Waals surface area contributed by atoms with Crippen LogP contribution in [0.1, 0.15) is 53.7 Å². The van der Waals surface area contributed by atoms with E-state index in [0.717, 1.165) is 30.1 Å². The molecule has 130 valence electrons. The topological polar surface area (TPSA) is 45.6 Å². The number of rotatable bonds is 7. The van der Waals surface area contributed by atoms with E-state index in [2.05, 4.69) is 34.5 Å². The minimum Gasteiger partial charge on any atom is -0.395 e. The van der Waals surface area contributed by atoms with E-state index in [-0.39, 0.29) is 12.7 Å². The van der Waals surface area contributed by atoms with Crippen molar-refractivity contribution in [3.8, 4) is 0 Å². The monoisotopic (exact) mass is 346 g/mol. The Morgan fingerprint density at radius 2 is 2.25 bits per heavy atom. The molecule has 1 aliphatic carbocycles. The molecular weight excluding hydrogens is 320 g/mol. The molecule has 5 heteroatoms. The summed E-state index contributed by atoms with van der Waals surface area (Å²) in [4.78, 5) is 7.09. The van der Waals surface area contributed by atoms with E-state index in [4.69, 9.17) is 9.72 Å². The van der Waals surface area contributed by atoms with Crippen molar-refractivity contribution in [2.75, 3.05) is 20.3 Å². The molecular formula is C19H26N2O2S. The van der Waals surface area contributed by atoms with Crippen LogP contribution in [0.5, 0.6) is 0 Å². The Labute approximate surface area is 148 Å². The molecule has 1 heterocycles. The normalized spacial score (nSPS) is 18.6. The van der Waals surface area contributed by atoms with Gasteiger partial charge in [0.1, 0.15) is 11.1 Å². The van der Waals surface area contributed by atoms with Gasteiger partial charge in [0, 0.05) is 31.6 Å². The van der Waals surface area contributed by atoms with Gasteiger partial charge in [-0.25, -0.2) is 4.98 Å². The fourth-order valence-corrected chi connectivity index (χ4v) is 4.31. The average molecular weight is 346 g/mol. The lowest BCUT2D eigenvalue weighted by Crippen LogP contribution is -2.33. The van der Waals surface area contributed by atoms with Crippen molar-refractivity contribution in [2.45, 2.75) is 44.9 Å². The molecule has 1 aromatic heterocycles. The van der Waals surface area contributed by atoms with Crippen molar-refractivity contribution in [3.63, 3.8) is 0 Å². The third-order valence-corrected chi connectivity index (χ3v) is 5.86. The van der Waals surface area contributed by atoms with Gasteiger partial charge in [-0.1, -0.05) is 24.3 Å². The molecule has 0 saturated carbocycles. The molecule has 0 radical (unpaired) electrons. The van der Waals surface area contributed by atoms with Gasteiger partial charge in [-0.05, 0) is 37.3 Å². The number of thiazole rings is 1. The van der Waals surface area contributed by atoms with Crippen LogP contribution in [-0.2, 0) is 17.7 Å². The number of aromatic nitrogens is 1. The molecule has 4 nitrogen and oxygen atoms in total. The van der Waals surface area contributed by atoms with E-state index in [1.54, 1.807) is 18.4 Å². The predicted octanol–water partition coefficient (Wildman–Crippen LogP) is 3.72. The summed E-state index contributed by atoms with van der Waals surface area (Å²) in [5, 5.41) is 12.7. The number of ether oxygens (including phenoxy) is 1. The molecule has 1 aromatic carbocycles. The van der Waals surface area contributed by atoms with Crippen molar-refractivity contribution >= 4 is 11.3 Å². The molecule has 0 fully saturated rings. The van der Waals surface area contributed by atoms with Gasteiger partial charge in [0.05, 0.1) is 12.3 Å². The molecule has 3 rings (SSSR count). The highest BCUT2D eigenvalue weighted by molar-refractivity contribution is 7.09. The van der Waals surface area contributed by atoms with Crippen molar-refractivity contribution in [1.82, 2.24) is 9.88 Å². The first kappa shape index (κ1) is 17.5. The van der Waals surface area contributed by atoms with Gasteiger partial charge in [-0.3, -0.25) is 4.90 Å². The van der Waals surface area contributed by atoms with Crippen molar-refractivity contribution < 1.29 is 9.84 Å². The number of methoxy groups -OCH3 is 1. The summed E-state index contributed by atoms with van der Waals surface area (Å²) in [6.07, 6.45) is 3.53. The van der Waals surface area contributed by atoms with Gasteiger partial charge in [0.25, 0.3) is 0 Å². The lowest BCUT2D eigenvalue weighted by molar-refractivity contribution is 0.117. The number of fused-ring (bicyclic) bond motifs is 1. The number of nitrogens with zero attached hydrogens (tertiary/aromatic N) is 2. The number of hydrogen-bond donors (Lipinski definition) is 1. The van der Waals surface area contributed by atoms with Crippen LogP contribution in [0.4, 0.5) is 0 Å². The maximum absolute atomic E-state index is 9.55. The molecule has 2 unspecified atom stereocenters. The Morgan fingerprint density at radius 1 is 1.42 bits per heavy atom. The van der Waals surface area contributed by atoms with Crippen LogP contribution >= 0.6 is 11.3 Å². The van der Waals surface area contributed by atoms with Crippen LogP contribution in [0.15, 0.2) is 29.6 Å². The molecule has 0 bridgehead atoms. The second-order valence-corrected chi connectivity index (χ2v) is 7.25. The molecule has 2 atom stereocenters. The molecule has 1 aliphatic rings. The summed E-state index contributed by atoms with van der Waals surface area (Å²) in [5.74, 6) is 0. The minimum atomic E-state index is 0.0328. The first-order valence-electron chi connectivity index (χ1n) is 8.62. The summed E-state index contributed by atoms with van der Waals surface area (Å²) >= 11 is 1.65. The third kappa shape index (κ3) is 3.86. The molecule has 0 spiro atoms. The van der Waals surface area contributed by atoms with Crippen molar-refractivity contribution in [1.29, 1.82) is 0 Å². The van der Waals surface area contributed by atoms with Crippen LogP contribution in [0, 0.1) is 0 Å². The second-order valence-electron chi connectivity index (χ2n) is 6.36. The fourth-order valence-electron chi connectivity index (χ4n) is 3.47. The van der Waals surface area contributed by atoms with E-state index in [9.17, 15) is 5.11 Å². The van der Waals surface area contributed by atoms with Crippen LogP contribution in [0.3, 0.4) is 0 Å². The first-order chi connectivity index (χ1) is 11.7. The number of hydrogen-bond acceptors (Lipinski definition) is 5. The van der Waals surface area contributed by atoms with Gasteiger partial charge >= 0.3 is 0 Å². The van der Waals surface area contributed by atoms with Crippen molar-refractivity contribution in [2.24, 2.45) is 0 Å². The van der Waals surface area contributed by atoms with Gasteiger partial charge in [-0.15, -0.1) is 11.3 Å². The fraction of sp³-hybridized carbons (Fsp3) is 0.526. The summed E-state index contributed by atoms with van der Waals surface area (Å²) in [6.45, 7) is 3.63.